The molecule has 1 aliphatic rings. The largest absolute Gasteiger partial charge is 0.485 e. The molecule has 4 rings (SSSR count). The fourth-order valence-electron chi connectivity index (χ4n) is 3.54. The van der Waals surface area contributed by atoms with Gasteiger partial charge in [0, 0.05) is 25.2 Å². The molecule has 0 saturated heterocycles. The molecule has 0 spiro atoms. The lowest BCUT2D eigenvalue weighted by Crippen LogP contribution is -2.45. The van der Waals surface area contributed by atoms with Crippen LogP contribution in [0.3, 0.4) is 0 Å². The summed E-state index contributed by atoms with van der Waals surface area (Å²) in [5, 5.41) is 0. The van der Waals surface area contributed by atoms with Crippen LogP contribution in [0.25, 0.3) is 0 Å². The topological polar surface area (TPSA) is 76.2 Å². The molecule has 0 saturated carbocycles. The molecule has 0 fully saturated rings. The third-order valence-corrected chi connectivity index (χ3v) is 5.37. The van der Waals surface area contributed by atoms with Crippen molar-refractivity contribution in [2.24, 2.45) is 0 Å². The molecule has 0 N–H and O–H groups in total. The first kappa shape index (κ1) is 23.0. The maximum atomic E-state index is 13.3. The van der Waals surface area contributed by atoms with Crippen molar-refractivity contribution in [1.29, 1.82) is 0 Å². The Labute approximate surface area is 196 Å². The summed E-state index contributed by atoms with van der Waals surface area (Å²) in [5.74, 6) is -0.825. The number of fused-ring (bicyclic) bond motifs is 1. The molecule has 0 radical (unpaired) electrons. The number of carbonyl (C=O) groups excluding carboxylic acids is 3. The molecule has 1 aliphatic heterocycles. The summed E-state index contributed by atoms with van der Waals surface area (Å²) in [6, 6.07) is 19.7. The second kappa shape index (κ2) is 10.2. The molecular weight excluding hydrogens is 439 g/mol. The minimum absolute atomic E-state index is 0.185. The van der Waals surface area contributed by atoms with Crippen molar-refractivity contribution in [3.05, 3.63) is 89.7 Å². The normalized spacial score (nSPS) is 12.5. The fraction of sp³-hybridized carbons (Fsp3) is 0.192. The van der Waals surface area contributed by atoms with Crippen LogP contribution in [-0.2, 0) is 16.1 Å². The maximum Gasteiger partial charge on any atom is 0.265 e. The monoisotopic (exact) mass is 462 g/mol. The summed E-state index contributed by atoms with van der Waals surface area (Å²) in [6.45, 7) is -0.286. The summed E-state index contributed by atoms with van der Waals surface area (Å²) in [7, 11) is 1.67. The van der Waals surface area contributed by atoms with Gasteiger partial charge in [-0.3, -0.25) is 19.3 Å². The molecule has 0 bridgehead atoms. The second-order valence-electron chi connectivity index (χ2n) is 7.86. The van der Waals surface area contributed by atoms with E-state index in [1.807, 2.05) is 30.3 Å². The van der Waals surface area contributed by atoms with E-state index in [9.17, 15) is 18.8 Å². The first-order chi connectivity index (χ1) is 16.4. The van der Waals surface area contributed by atoms with Gasteiger partial charge in [-0.2, -0.15) is 0 Å². The van der Waals surface area contributed by atoms with E-state index in [0.29, 0.717) is 18.0 Å². The highest BCUT2D eigenvalue weighted by Gasteiger charge is 2.29. The second-order valence-corrected chi connectivity index (χ2v) is 7.86. The smallest absolute Gasteiger partial charge is 0.265 e. The van der Waals surface area contributed by atoms with Crippen molar-refractivity contribution < 1.29 is 28.2 Å². The summed E-state index contributed by atoms with van der Waals surface area (Å²) < 4.78 is 24.2. The number of likely N-dealkylation sites (N-methyl/N-ethyl adjacent to an activating group) is 1. The van der Waals surface area contributed by atoms with Crippen molar-refractivity contribution in [1.82, 2.24) is 4.90 Å². The van der Waals surface area contributed by atoms with Crippen molar-refractivity contribution in [3.8, 4) is 11.5 Å². The standard InChI is InChI=1S/C26H23FN2O5/c1-28(14-18-6-3-2-4-7-18)25(31)15-29-22-12-19(10-11-24(22)34-17-26(29)32)23(30)16-33-21-9-5-8-20(27)13-21/h2-13H,14-17H2,1H3. The maximum absolute atomic E-state index is 13.3. The zero-order valence-electron chi connectivity index (χ0n) is 18.6. The Balaban J connectivity index is 1.47. The number of benzene rings is 3. The van der Waals surface area contributed by atoms with E-state index in [1.54, 1.807) is 30.1 Å². The van der Waals surface area contributed by atoms with E-state index in [1.165, 1.54) is 29.2 Å². The van der Waals surface area contributed by atoms with Crippen LogP contribution in [0.1, 0.15) is 15.9 Å². The zero-order chi connectivity index (χ0) is 24.1. The van der Waals surface area contributed by atoms with Crippen LogP contribution in [0.2, 0.25) is 0 Å². The van der Waals surface area contributed by atoms with E-state index < -0.39 is 5.82 Å². The molecule has 174 valence electrons. The quantitative estimate of drug-likeness (QED) is 0.479. The molecule has 0 atom stereocenters. The summed E-state index contributed by atoms with van der Waals surface area (Å²) in [4.78, 5) is 41.0. The lowest BCUT2D eigenvalue weighted by atomic mass is 10.1. The third kappa shape index (κ3) is 5.40. The molecule has 34 heavy (non-hydrogen) atoms. The Morgan fingerprint density at radius 3 is 2.62 bits per heavy atom. The van der Waals surface area contributed by atoms with E-state index >= 15 is 0 Å². The Morgan fingerprint density at radius 2 is 1.85 bits per heavy atom. The number of anilines is 1. The summed E-state index contributed by atoms with van der Waals surface area (Å²) >= 11 is 0. The Bertz CT molecular complexity index is 1210. The molecule has 7 nitrogen and oxygen atoms in total. The van der Waals surface area contributed by atoms with Gasteiger partial charge in [0.1, 0.15) is 23.9 Å². The number of ketones is 1. The Morgan fingerprint density at radius 1 is 1.06 bits per heavy atom. The van der Waals surface area contributed by atoms with Crippen molar-refractivity contribution in [2.75, 3.05) is 31.7 Å². The number of rotatable bonds is 8. The molecule has 8 heteroatoms. The Kier molecular flexibility index (Phi) is 6.87. The van der Waals surface area contributed by atoms with E-state index in [-0.39, 0.29) is 48.7 Å². The minimum Gasteiger partial charge on any atom is -0.485 e. The summed E-state index contributed by atoms with van der Waals surface area (Å²) in [6.07, 6.45) is 0. The van der Waals surface area contributed by atoms with Gasteiger partial charge in [0.2, 0.25) is 5.91 Å². The first-order valence-corrected chi connectivity index (χ1v) is 10.7. The lowest BCUT2D eigenvalue weighted by molar-refractivity contribution is -0.131. The fourth-order valence-corrected chi connectivity index (χ4v) is 3.54. The van der Waals surface area contributed by atoms with E-state index in [0.717, 1.165) is 5.56 Å². The van der Waals surface area contributed by atoms with E-state index in [2.05, 4.69) is 0 Å². The van der Waals surface area contributed by atoms with Gasteiger partial charge < -0.3 is 14.4 Å². The van der Waals surface area contributed by atoms with Crippen molar-refractivity contribution >= 4 is 23.3 Å². The van der Waals surface area contributed by atoms with Crippen LogP contribution in [-0.4, -0.2) is 49.3 Å². The first-order valence-electron chi connectivity index (χ1n) is 10.7. The van der Waals surface area contributed by atoms with E-state index in [4.69, 9.17) is 9.47 Å². The van der Waals surface area contributed by atoms with Gasteiger partial charge in [-0.25, -0.2) is 4.39 Å². The Hall–Kier alpha value is -4.20. The van der Waals surface area contributed by atoms with Gasteiger partial charge in [0.05, 0.1) is 5.69 Å². The average Bonchev–Trinajstić information content (AvgIpc) is 2.84. The molecule has 0 aliphatic carbocycles. The van der Waals surface area contributed by atoms with Crippen LogP contribution in [0.4, 0.5) is 10.1 Å². The molecular formula is C26H23FN2O5. The van der Waals surface area contributed by atoms with Crippen LogP contribution in [0.15, 0.2) is 72.8 Å². The van der Waals surface area contributed by atoms with Crippen molar-refractivity contribution in [3.63, 3.8) is 0 Å². The highest BCUT2D eigenvalue weighted by molar-refractivity contribution is 6.04. The van der Waals surface area contributed by atoms with Gasteiger partial charge in [-0.1, -0.05) is 36.4 Å². The van der Waals surface area contributed by atoms with Gasteiger partial charge in [-0.15, -0.1) is 0 Å². The molecule has 3 aromatic rings. The molecule has 2 amide bonds. The van der Waals surface area contributed by atoms with Crippen LogP contribution < -0.4 is 14.4 Å². The SMILES string of the molecule is CN(Cc1ccccc1)C(=O)CN1C(=O)COc2ccc(C(=O)COc3cccc(F)c3)cc21. The number of ether oxygens (including phenoxy) is 2. The zero-order valence-corrected chi connectivity index (χ0v) is 18.6. The lowest BCUT2D eigenvalue weighted by Gasteiger charge is -2.30. The van der Waals surface area contributed by atoms with Crippen molar-refractivity contribution in [2.45, 2.75) is 6.54 Å². The number of hydrogen-bond acceptors (Lipinski definition) is 5. The van der Waals surface area contributed by atoms with Gasteiger partial charge in [0.25, 0.3) is 5.91 Å². The average molecular weight is 462 g/mol. The molecule has 0 aromatic heterocycles. The van der Waals surface area contributed by atoms with Gasteiger partial charge >= 0.3 is 0 Å². The molecule has 0 unspecified atom stereocenters. The molecule has 3 aromatic carbocycles. The van der Waals surface area contributed by atoms with Gasteiger partial charge in [-0.05, 0) is 35.9 Å². The number of Topliss-reactive ketones (excluding diaryl/α,β-unsaturated/α-hetero) is 1. The number of nitrogens with zero attached hydrogens (tertiary/aromatic N) is 2. The predicted molar refractivity (Wildman–Crippen MR) is 123 cm³/mol. The van der Waals surface area contributed by atoms with Crippen LogP contribution in [0.5, 0.6) is 11.5 Å². The van der Waals surface area contributed by atoms with Crippen LogP contribution in [0, 0.1) is 5.82 Å². The third-order valence-electron chi connectivity index (χ3n) is 5.37. The number of halogens is 1. The number of carbonyl (C=O) groups is 3. The van der Waals surface area contributed by atoms with Gasteiger partial charge in [0.15, 0.2) is 19.0 Å². The number of hydrogen-bond donors (Lipinski definition) is 0. The molecule has 1 heterocycles. The number of amides is 2. The highest BCUT2D eigenvalue weighted by atomic mass is 19.1. The minimum atomic E-state index is -0.466. The highest BCUT2D eigenvalue weighted by Crippen LogP contribution is 2.33. The summed E-state index contributed by atoms with van der Waals surface area (Å²) in [5.41, 5.74) is 1.59. The van der Waals surface area contributed by atoms with Crippen LogP contribution >= 0.6 is 0 Å². The predicted octanol–water partition coefficient (Wildman–Crippen LogP) is 3.47.